The molecule has 6 heteroatoms. The Morgan fingerprint density at radius 1 is 1.03 bits per heavy atom. The number of ketones is 1. The van der Waals surface area contributed by atoms with Gasteiger partial charge in [-0.2, -0.15) is 0 Å². The standard InChI is InChI=1S/C23H17ClN2O3/c1-14-4-6-15(7-5-14)20-19(21(27)16-8-10-17(24)11-9-16)22(28)23(29)26(20)18-3-2-12-25-13-18/h2-13,20,27H,1H3/t20-/m0/s1. The second-order valence-electron chi connectivity index (χ2n) is 6.80. The molecule has 2 aromatic carbocycles. The summed E-state index contributed by atoms with van der Waals surface area (Å²) in [5, 5.41) is 11.5. The Labute approximate surface area is 172 Å². The molecule has 29 heavy (non-hydrogen) atoms. The van der Waals surface area contributed by atoms with Gasteiger partial charge >= 0.3 is 0 Å². The number of halogens is 1. The number of aryl methyl sites for hydroxylation is 1. The fourth-order valence-electron chi connectivity index (χ4n) is 3.42. The molecule has 0 aliphatic carbocycles. The molecule has 3 aromatic rings. The number of aromatic nitrogens is 1. The number of anilines is 1. The van der Waals surface area contributed by atoms with Crippen LogP contribution in [0, 0.1) is 6.92 Å². The fraction of sp³-hybridized carbons (Fsp3) is 0.0870. The lowest BCUT2D eigenvalue weighted by atomic mass is 9.94. The van der Waals surface area contributed by atoms with Gasteiger partial charge in [0.05, 0.1) is 23.5 Å². The van der Waals surface area contributed by atoms with E-state index in [0.29, 0.717) is 21.8 Å². The van der Waals surface area contributed by atoms with Crippen molar-refractivity contribution in [3.05, 3.63) is 100 Å². The van der Waals surface area contributed by atoms with E-state index < -0.39 is 17.7 Å². The Morgan fingerprint density at radius 3 is 2.34 bits per heavy atom. The van der Waals surface area contributed by atoms with Gasteiger partial charge in [-0.15, -0.1) is 0 Å². The largest absolute Gasteiger partial charge is 0.507 e. The maximum Gasteiger partial charge on any atom is 0.300 e. The zero-order valence-electron chi connectivity index (χ0n) is 15.5. The number of rotatable bonds is 3. The molecule has 1 aromatic heterocycles. The highest BCUT2D eigenvalue weighted by Gasteiger charge is 2.47. The van der Waals surface area contributed by atoms with Crippen LogP contribution in [0.15, 0.2) is 78.6 Å². The summed E-state index contributed by atoms with van der Waals surface area (Å²) in [6.45, 7) is 1.95. The summed E-state index contributed by atoms with van der Waals surface area (Å²) in [5.74, 6) is -1.69. The number of aliphatic hydroxyl groups excluding tert-OH is 1. The van der Waals surface area contributed by atoms with E-state index in [4.69, 9.17) is 11.6 Å². The number of amides is 1. The highest BCUT2D eigenvalue weighted by molar-refractivity contribution is 6.51. The molecule has 1 aliphatic rings. The predicted molar refractivity (Wildman–Crippen MR) is 112 cm³/mol. The second-order valence-corrected chi connectivity index (χ2v) is 7.23. The monoisotopic (exact) mass is 404 g/mol. The van der Waals surface area contributed by atoms with Crippen molar-refractivity contribution in [2.75, 3.05) is 4.90 Å². The van der Waals surface area contributed by atoms with Crippen molar-refractivity contribution in [2.24, 2.45) is 0 Å². The Hall–Kier alpha value is -3.44. The quantitative estimate of drug-likeness (QED) is 0.391. The number of carbonyl (C=O) groups excluding carboxylic acids is 2. The van der Waals surface area contributed by atoms with E-state index in [0.717, 1.165) is 5.56 Å². The maximum atomic E-state index is 13.0. The summed E-state index contributed by atoms with van der Waals surface area (Å²) in [6, 6.07) is 16.6. The summed E-state index contributed by atoms with van der Waals surface area (Å²) in [4.78, 5) is 31.4. The van der Waals surface area contributed by atoms with Crippen LogP contribution in [0.4, 0.5) is 5.69 Å². The summed E-state index contributed by atoms with van der Waals surface area (Å²) in [6.07, 6.45) is 3.11. The summed E-state index contributed by atoms with van der Waals surface area (Å²) in [7, 11) is 0. The van der Waals surface area contributed by atoms with Crippen LogP contribution in [0.5, 0.6) is 0 Å². The van der Waals surface area contributed by atoms with Gasteiger partial charge in [-0.05, 0) is 48.9 Å². The van der Waals surface area contributed by atoms with Gasteiger partial charge in [0.1, 0.15) is 5.76 Å². The topological polar surface area (TPSA) is 70.5 Å². The van der Waals surface area contributed by atoms with E-state index >= 15 is 0 Å². The lowest BCUT2D eigenvalue weighted by Crippen LogP contribution is -2.29. The van der Waals surface area contributed by atoms with Gasteiger partial charge in [0.2, 0.25) is 0 Å². The number of Topliss-reactive ketones (excluding diaryl/α,β-unsaturated/α-hetero) is 1. The summed E-state index contributed by atoms with van der Waals surface area (Å²) in [5.41, 5.74) is 2.69. The van der Waals surface area contributed by atoms with Crippen LogP contribution in [0.1, 0.15) is 22.7 Å². The molecule has 0 bridgehead atoms. The zero-order valence-corrected chi connectivity index (χ0v) is 16.3. The first-order valence-electron chi connectivity index (χ1n) is 9.01. The number of hydrogen-bond donors (Lipinski definition) is 1. The van der Waals surface area contributed by atoms with E-state index in [1.165, 1.54) is 11.1 Å². The lowest BCUT2D eigenvalue weighted by molar-refractivity contribution is -0.132. The Kier molecular flexibility index (Phi) is 4.91. The molecule has 0 saturated carbocycles. The minimum Gasteiger partial charge on any atom is -0.507 e. The minimum atomic E-state index is -0.768. The molecular weight excluding hydrogens is 388 g/mol. The third kappa shape index (κ3) is 3.41. The normalized spacial score (nSPS) is 18.3. The van der Waals surface area contributed by atoms with Crippen molar-refractivity contribution >= 4 is 34.7 Å². The van der Waals surface area contributed by atoms with Gasteiger partial charge in [-0.25, -0.2) is 0 Å². The lowest BCUT2D eigenvalue weighted by Gasteiger charge is -2.25. The van der Waals surface area contributed by atoms with E-state index in [1.54, 1.807) is 42.6 Å². The molecule has 1 saturated heterocycles. The maximum absolute atomic E-state index is 13.0. The highest BCUT2D eigenvalue weighted by Crippen LogP contribution is 2.41. The molecule has 2 heterocycles. The van der Waals surface area contributed by atoms with E-state index in [2.05, 4.69) is 4.98 Å². The molecule has 1 amide bonds. The van der Waals surface area contributed by atoms with Crippen LogP contribution >= 0.6 is 11.6 Å². The summed E-state index contributed by atoms with van der Waals surface area (Å²) < 4.78 is 0. The molecule has 0 spiro atoms. The van der Waals surface area contributed by atoms with Crippen molar-refractivity contribution in [3.63, 3.8) is 0 Å². The van der Waals surface area contributed by atoms with Crippen LogP contribution in [0.25, 0.3) is 5.76 Å². The number of nitrogens with zero attached hydrogens (tertiary/aromatic N) is 2. The van der Waals surface area contributed by atoms with Gasteiger partial charge in [0.15, 0.2) is 0 Å². The molecule has 4 rings (SSSR count). The molecular formula is C23H17ClN2O3. The molecule has 1 N–H and O–H groups in total. The van der Waals surface area contributed by atoms with Crippen LogP contribution in [-0.4, -0.2) is 21.8 Å². The fourth-order valence-corrected chi connectivity index (χ4v) is 3.55. The smallest absolute Gasteiger partial charge is 0.300 e. The zero-order chi connectivity index (χ0) is 20.5. The number of carbonyl (C=O) groups is 2. The number of hydrogen-bond acceptors (Lipinski definition) is 4. The molecule has 144 valence electrons. The van der Waals surface area contributed by atoms with Crippen molar-refractivity contribution in [2.45, 2.75) is 13.0 Å². The van der Waals surface area contributed by atoms with Crippen molar-refractivity contribution in [3.8, 4) is 0 Å². The van der Waals surface area contributed by atoms with Gasteiger partial charge in [-0.3, -0.25) is 19.5 Å². The average molecular weight is 405 g/mol. The van der Waals surface area contributed by atoms with Crippen LogP contribution in [0.2, 0.25) is 5.02 Å². The molecule has 1 atom stereocenters. The Bertz CT molecular complexity index is 1110. The highest BCUT2D eigenvalue weighted by atomic mass is 35.5. The molecule has 5 nitrogen and oxygen atoms in total. The Balaban J connectivity index is 1.94. The predicted octanol–water partition coefficient (Wildman–Crippen LogP) is 4.67. The average Bonchev–Trinajstić information content (AvgIpc) is 3.00. The van der Waals surface area contributed by atoms with E-state index in [9.17, 15) is 14.7 Å². The molecule has 1 aliphatic heterocycles. The van der Waals surface area contributed by atoms with Gasteiger partial charge < -0.3 is 5.11 Å². The minimum absolute atomic E-state index is 0.0324. The number of aliphatic hydroxyl groups is 1. The molecule has 0 radical (unpaired) electrons. The van der Waals surface area contributed by atoms with Crippen molar-refractivity contribution in [1.29, 1.82) is 0 Å². The Morgan fingerprint density at radius 2 is 1.72 bits per heavy atom. The van der Waals surface area contributed by atoms with Crippen LogP contribution < -0.4 is 4.90 Å². The van der Waals surface area contributed by atoms with Crippen LogP contribution in [0.3, 0.4) is 0 Å². The second kappa shape index (κ2) is 7.53. The summed E-state index contributed by atoms with van der Waals surface area (Å²) >= 11 is 5.94. The number of benzene rings is 2. The first kappa shape index (κ1) is 18.9. The molecule has 0 unspecified atom stereocenters. The first-order valence-corrected chi connectivity index (χ1v) is 9.38. The van der Waals surface area contributed by atoms with Crippen molar-refractivity contribution in [1.82, 2.24) is 4.98 Å². The third-order valence-corrected chi connectivity index (χ3v) is 5.13. The van der Waals surface area contributed by atoms with Crippen molar-refractivity contribution < 1.29 is 14.7 Å². The van der Waals surface area contributed by atoms with E-state index in [-0.39, 0.29) is 11.3 Å². The van der Waals surface area contributed by atoms with E-state index in [1.807, 2.05) is 31.2 Å². The molecule has 1 fully saturated rings. The van der Waals surface area contributed by atoms with Gasteiger partial charge in [-0.1, -0.05) is 41.4 Å². The van der Waals surface area contributed by atoms with Gasteiger partial charge in [0.25, 0.3) is 11.7 Å². The van der Waals surface area contributed by atoms with Crippen LogP contribution in [-0.2, 0) is 9.59 Å². The van der Waals surface area contributed by atoms with Gasteiger partial charge in [0, 0.05) is 16.8 Å². The first-order chi connectivity index (χ1) is 14.0. The number of pyridine rings is 1. The third-order valence-electron chi connectivity index (χ3n) is 4.88. The SMILES string of the molecule is Cc1ccc([C@H]2C(=C(O)c3ccc(Cl)cc3)C(=O)C(=O)N2c2cccnc2)cc1.